The molecule has 1 N–H and O–H groups in total. The third kappa shape index (κ3) is 3.90. The van der Waals surface area contributed by atoms with Crippen molar-refractivity contribution in [3.05, 3.63) is 83.8 Å². The molecule has 0 unspecified atom stereocenters. The smallest absolute Gasteiger partial charge is 0.198 e. The van der Waals surface area contributed by atoms with Gasteiger partial charge in [0, 0.05) is 29.7 Å². The Morgan fingerprint density at radius 2 is 1.83 bits per heavy atom. The first-order valence-corrected chi connectivity index (χ1v) is 7.78. The van der Waals surface area contributed by atoms with Crippen LogP contribution < -0.4 is 5.32 Å². The van der Waals surface area contributed by atoms with Crippen molar-refractivity contribution in [3.63, 3.8) is 0 Å². The van der Waals surface area contributed by atoms with E-state index in [2.05, 4.69) is 10.3 Å². The molecule has 2 aromatic carbocycles. The van der Waals surface area contributed by atoms with Gasteiger partial charge in [0.05, 0.1) is 4.88 Å². The average Bonchev–Trinajstić information content (AvgIpc) is 3.07. The molecule has 0 fully saturated rings. The standard InChI is InChI=1S/C18H13FN2OS/c19-14-6-8-15(9-7-14)20-11-10-16(22)17-12-21-18(23-17)13-4-2-1-3-5-13/h1-12,20H. The lowest BCUT2D eigenvalue weighted by Crippen LogP contribution is -1.93. The van der Waals surface area contributed by atoms with Crippen LogP contribution >= 0.6 is 11.3 Å². The average molecular weight is 324 g/mol. The topological polar surface area (TPSA) is 42.0 Å². The summed E-state index contributed by atoms with van der Waals surface area (Å²) in [6.45, 7) is 0. The fraction of sp³-hybridized carbons (Fsp3) is 0. The summed E-state index contributed by atoms with van der Waals surface area (Å²) in [5.74, 6) is -0.423. The largest absolute Gasteiger partial charge is 0.362 e. The first-order chi connectivity index (χ1) is 11.2. The first-order valence-electron chi connectivity index (χ1n) is 6.96. The fourth-order valence-corrected chi connectivity index (χ4v) is 2.79. The van der Waals surface area contributed by atoms with Crippen LogP contribution in [0.25, 0.3) is 10.6 Å². The predicted octanol–water partition coefficient (Wildman–Crippen LogP) is 4.76. The summed E-state index contributed by atoms with van der Waals surface area (Å²) in [6.07, 6.45) is 4.56. The van der Waals surface area contributed by atoms with Gasteiger partial charge in [-0.1, -0.05) is 30.3 Å². The summed E-state index contributed by atoms with van der Waals surface area (Å²) in [5.41, 5.74) is 1.70. The van der Waals surface area contributed by atoms with Crippen LogP contribution in [-0.2, 0) is 0 Å². The maximum Gasteiger partial charge on any atom is 0.198 e. The van der Waals surface area contributed by atoms with E-state index in [1.807, 2.05) is 30.3 Å². The van der Waals surface area contributed by atoms with Crippen molar-refractivity contribution in [2.24, 2.45) is 0 Å². The summed E-state index contributed by atoms with van der Waals surface area (Å²) in [5, 5.41) is 3.74. The lowest BCUT2D eigenvalue weighted by atomic mass is 10.2. The number of aromatic nitrogens is 1. The zero-order chi connectivity index (χ0) is 16.1. The van der Waals surface area contributed by atoms with Crippen LogP contribution in [0.2, 0.25) is 0 Å². The van der Waals surface area contributed by atoms with Crippen LogP contribution in [-0.4, -0.2) is 10.8 Å². The van der Waals surface area contributed by atoms with E-state index in [1.165, 1.54) is 35.7 Å². The van der Waals surface area contributed by atoms with E-state index in [0.29, 0.717) is 10.6 Å². The van der Waals surface area contributed by atoms with Crippen molar-refractivity contribution in [1.29, 1.82) is 0 Å². The van der Waals surface area contributed by atoms with E-state index in [4.69, 9.17) is 0 Å². The minimum absolute atomic E-state index is 0.126. The molecule has 0 saturated carbocycles. The van der Waals surface area contributed by atoms with Crippen molar-refractivity contribution in [2.75, 3.05) is 5.32 Å². The van der Waals surface area contributed by atoms with Crippen molar-refractivity contribution in [1.82, 2.24) is 4.98 Å². The minimum atomic E-state index is -0.297. The number of nitrogens with one attached hydrogen (secondary N) is 1. The van der Waals surface area contributed by atoms with Gasteiger partial charge < -0.3 is 5.32 Å². The van der Waals surface area contributed by atoms with Gasteiger partial charge in [-0.25, -0.2) is 9.37 Å². The zero-order valence-corrected chi connectivity index (χ0v) is 12.9. The molecular weight excluding hydrogens is 311 g/mol. The van der Waals surface area contributed by atoms with Gasteiger partial charge in [0.15, 0.2) is 5.78 Å². The number of carbonyl (C=O) groups excluding carboxylic acids is 1. The van der Waals surface area contributed by atoms with Crippen molar-refractivity contribution < 1.29 is 9.18 Å². The number of carbonyl (C=O) groups is 1. The van der Waals surface area contributed by atoms with E-state index in [-0.39, 0.29) is 11.6 Å². The highest BCUT2D eigenvalue weighted by Gasteiger charge is 2.08. The quantitative estimate of drug-likeness (QED) is 0.543. The Balaban J connectivity index is 1.65. The number of rotatable bonds is 5. The van der Waals surface area contributed by atoms with Crippen LogP contribution in [0.15, 0.2) is 73.1 Å². The lowest BCUT2D eigenvalue weighted by Gasteiger charge is -1.99. The van der Waals surface area contributed by atoms with Crippen LogP contribution in [0.3, 0.4) is 0 Å². The molecule has 0 saturated heterocycles. The summed E-state index contributed by atoms with van der Waals surface area (Å²) in [4.78, 5) is 17.0. The molecule has 23 heavy (non-hydrogen) atoms. The molecule has 3 rings (SSSR count). The highest BCUT2D eigenvalue weighted by Crippen LogP contribution is 2.25. The number of hydrogen-bond donors (Lipinski definition) is 1. The van der Waals surface area contributed by atoms with E-state index < -0.39 is 0 Å². The van der Waals surface area contributed by atoms with Crippen LogP contribution in [0.1, 0.15) is 9.67 Å². The number of ketones is 1. The molecule has 0 aliphatic heterocycles. The molecule has 1 heterocycles. The highest BCUT2D eigenvalue weighted by molar-refractivity contribution is 7.17. The molecule has 0 radical (unpaired) electrons. The fourth-order valence-electron chi connectivity index (χ4n) is 1.94. The Morgan fingerprint density at radius 1 is 1.09 bits per heavy atom. The normalized spacial score (nSPS) is 10.8. The molecule has 3 nitrogen and oxygen atoms in total. The molecule has 5 heteroatoms. The molecule has 0 bridgehead atoms. The number of hydrogen-bond acceptors (Lipinski definition) is 4. The lowest BCUT2D eigenvalue weighted by molar-refractivity contribution is 0.105. The van der Waals surface area contributed by atoms with E-state index in [1.54, 1.807) is 18.3 Å². The number of nitrogens with zero attached hydrogens (tertiary/aromatic N) is 1. The van der Waals surface area contributed by atoms with Gasteiger partial charge in [0.25, 0.3) is 0 Å². The summed E-state index contributed by atoms with van der Waals surface area (Å²) >= 11 is 1.35. The van der Waals surface area contributed by atoms with E-state index in [9.17, 15) is 9.18 Å². The summed E-state index contributed by atoms with van der Waals surface area (Å²) < 4.78 is 12.8. The molecule has 3 aromatic rings. The Morgan fingerprint density at radius 3 is 2.57 bits per heavy atom. The molecule has 0 atom stereocenters. The second-order valence-corrected chi connectivity index (χ2v) is 5.78. The molecule has 1 aromatic heterocycles. The molecule has 0 spiro atoms. The minimum Gasteiger partial charge on any atom is -0.362 e. The summed E-state index contributed by atoms with van der Waals surface area (Å²) in [7, 11) is 0. The van der Waals surface area contributed by atoms with Crippen molar-refractivity contribution in [2.45, 2.75) is 0 Å². The second-order valence-electron chi connectivity index (χ2n) is 4.74. The number of thiazole rings is 1. The maximum absolute atomic E-state index is 12.8. The third-order valence-corrected chi connectivity index (χ3v) is 4.16. The van der Waals surface area contributed by atoms with Gasteiger partial charge in [-0.05, 0) is 24.3 Å². The van der Waals surface area contributed by atoms with Gasteiger partial charge >= 0.3 is 0 Å². The molecule has 114 valence electrons. The summed E-state index contributed by atoms with van der Waals surface area (Å²) in [6, 6.07) is 15.6. The van der Waals surface area contributed by atoms with Gasteiger partial charge in [-0.2, -0.15) is 0 Å². The van der Waals surface area contributed by atoms with Gasteiger partial charge in [0.2, 0.25) is 0 Å². The third-order valence-electron chi connectivity index (χ3n) is 3.10. The van der Waals surface area contributed by atoms with Gasteiger partial charge in [0.1, 0.15) is 10.8 Å². The zero-order valence-electron chi connectivity index (χ0n) is 12.1. The monoisotopic (exact) mass is 324 g/mol. The Bertz CT molecular complexity index is 826. The second kappa shape index (κ2) is 6.98. The highest BCUT2D eigenvalue weighted by atomic mass is 32.1. The molecular formula is C18H13FN2OS. The maximum atomic E-state index is 12.8. The van der Waals surface area contributed by atoms with E-state index >= 15 is 0 Å². The van der Waals surface area contributed by atoms with E-state index in [0.717, 1.165) is 10.6 Å². The molecule has 0 aliphatic rings. The molecule has 0 amide bonds. The van der Waals surface area contributed by atoms with Gasteiger partial charge in [-0.15, -0.1) is 11.3 Å². The van der Waals surface area contributed by atoms with Crippen molar-refractivity contribution in [3.8, 4) is 10.6 Å². The first kappa shape index (κ1) is 15.1. The van der Waals surface area contributed by atoms with Gasteiger partial charge in [-0.3, -0.25) is 4.79 Å². The number of halogens is 1. The number of allylic oxidation sites excluding steroid dienone is 1. The SMILES string of the molecule is O=C(C=CNc1ccc(F)cc1)c1cnc(-c2ccccc2)s1. The van der Waals surface area contributed by atoms with Crippen LogP contribution in [0, 0.1) is 5.82 Å². The van der Waals surface area contributed by atoms with Crippen LogP contribution in [0.5, 0.6) is 0 Å². The number of benzene rings is 2. The molecule has 0 aliphatic carbocycles. The Hall–Kier alpha value is -2.79. The van der Waals surface area contributed by atoms with Crippen LogP contribution in [0.4, 0.5) is 10.1 Å². The Kier molecular flexibility index (Phi) is 4.59. The van der Waals surface area contributed by atoms with Crippen molar-refractivity contribution >= 4 is 22.8 Å². The Labute approximate surface area is 137 Å². The predicted molar refractivity (Wildman–Crippen MR) is 91.0 cm³/mol. The number of anilines is 1.